The van der Waals surface area contributed by atoms with Crippen LogP contribution in [0.2, 0.25) is 0 Å². The molecule has 0 N–H and O–H groups in total. The summed E-state index contributed by atoms with van der Waals surface area (Å²) >= 11 is 0. The second-order valence-electron chi connectivity index (χ2n) is 3.07. The smallest absolute Gasteiger partial charge is 0.00218 e. The Kier molecular flexibility index (Phi) is 13.2. The molecule has 0 radical (unpaired) electrons. The second kappa shape index (κ2) is 11.0. The third-order valence-electron chi connectivity index (χ3n) is 2.08. The second-order valence-corrected chi connectivity index (χ2v) is 3.07. The van der Waals surface area contributed by atoms with Crippen LogP contribution in [0.15, 0.2) is 0 Å². The Labute approximate surface area is 79.2 Å². The zero-order valence-corrected chi connectivity index (χ0v) is 8.40. The van der Waals surface area contributed by atoms with Crippen molar-refractivity contribution in [3.63, 3.8) is 0 Å². The largest absolute Gasteiger partial charge is 0.306 e. The highest BCUT2D eigenvalue weighted by Crippen LogP contribution is 2.08. The summed E-state index contributed by atoms with van der Waals surface area (Å²) < 4.78 is 0. The summed E-state index contributed by atoms with van der Waals surface area (Å²) in [5.74, 6) is 0. The Bertz CT molecular complexity index is 63.4. The van der Waals surface area contributed by atoms with Crippen molar-refractivity contribution in [3.05, 3.63) is 0 Å². The van der Waals surface area contributed by atoms with Crippen molar-refractivity contribution < 1.29 is 0 Å². The molecular formula is C11H27N. The SMILES string of the molecule is C.CC.CN1CCCCCCC1. The molecule has 0 unspecified atom stereocenters. The van der Waals surface area contributed by atoms with E-state index in [1.807, 2.05) is 13.8 Å². The van der Waals surface area contributed by atoms with Gasteiger partial charge in [0.25, 0.3) is 0 Å². The van der Waals surface area contributed by atoms with Crippen molar-refractivity contribution in [1.82, 2.24) is 4.90 Å². The lowest BCUT2D eigenvalue weighted by Gasteiger charge is -2.18. The summed E-state index contributed by atoms with van der Waals surface area (Å²) in [4.78, 5) is 2.44. The topological polar surface area (TPSA) is 3.24 Å². The van der Waals surface area contributed by atoms with E-state index in [-0.39, 0.29) is 7.43 Å². The van der Waals surface area contributed by atoms with E-state index in [9.17, 15) is 0 Å². The van der Waals surface area contributed by atoms with Crippen LogP contribution < -0.4 is 0 Å². The molecule has 0 atom stereocenters. The minimum absolute atomic E-state index is 0. The van der Waals surface area contributed by atoms with Gasteiger partial charge in [-0.3, -0.25) is 0 Å². The molecule has 1 heteroatoms. The fraction of sp³-hybridized carbons (Fsp3) is 1.00. The maximum absolute atomic E-state index is 2.44. The number of hydrogen-bond donors (Lipinski definition) is 0. The Hall–Kier alpha value is -0.0400. The minimum atomic E-state index is 0. The molecule has 76 valence electrons. The number of hydrogen-bond acceptors (Lipinski definition) is 1. The van der Waals surface area contributed by atoms with E-state index in [4.69, 9.17) is 0 Å². The summed E-state index contributed by atoms with van der Waals surface area (Å²) in [6.45, 7) is 6.64. The lowest BCUT2D eigenvalue weighted by Crippen LogP contribution is -2.22. The van der Waals surface area contributed by atoms with Gasteiger partial charge < -0.3 is 4.90 Å². The van der Waals surface area contributed by atoms with Gasteiger partial charge in [-0.2, -0.15) is 0 Å². The molecular weight excluding hydrogens is 146 g/mol. The highest BCUT2D eigenvalue weighted by atomic mass is 15.1. The van der Waals surface area contributed by atoms with Crippen molar-refractivity contribution in [1.29, 1.82) is 0 Å². The van der Waals surface area contributed by atoms with Gasteiger partial charge in [-0.1, -0.05) is 40.5 Å². The van der Waals surface area contributed by atoms with E-state index in [1.165, 1.54) is 45.2 Å². The van der Waals surface area contributed by atoms with Crippen LogP contribution in [0, 0.1) is 0 Å². The van der Waals surface area contributed by atoms with Crippen molar-refractivity contribution in [2.24, 2.45) is 0 Å². The fourth-order valence-electron chi connectivity index (χ4n) is 1.41. The Morgan fingerprint density at radius 1 is 0.750 bits per heavy atom. The molecule has 1 aliphatic rings. The van der Waals surface area contributed by atoms with Gasteiger partial charge in [-0.15, -0.1) is 0 Å². The zero-order valence-electron chi connectivity index (χ0n) is 8.40. The number of nitrogens with zero attached hydrogens (tertiary/aromatic N) is 1. The van der Waals surface area contributed by atoms with Gasteiger partial charge in [-0.05, 0) is 33.0 Å². The lowest BCUT2D eigenvalue weighted by atomic mass is 10.1. The van der Waals surface area contributed by atoms with Gasteiger partial charge in [-0.25, -0.2) is 0 Å². The number of rotatable bonds is 0. The van der Waals surface area contributed by atoms with Crippen LogP contribution in [-0.2, 0) is 0 Å². The monoisotopic (exact) mass is 173 g/mol. The maximum Gasteiger partial charge on any atom is -0.00218 e. The predicted molar refractivity (Wildman–Crippen MR) is 58.7 cm³/mol. The van der Waals surface area contributed by atoms with E-state index in [0.717, 1.165) is 0 Å². The molecule has 1 aliphatic heterocycles. The zero-order chi connectivity index (χ0) is 8.53. The number of likely N-dealkylation sites (tertiary alicyclic amines) is 1. The molecule has 1 saturated heterocycles. The quantitative estimate of drug-likeness (QED) is 0.541. The molecule has 0 aliphatic carbocycles. The molecule has 0 bridgehead atoms. The van der Waals surface area contributed by atoms with Crippen LogP contribution in [0.25, 0.3) is 0 Å². The molecule has 0 aromatic heterocycles. The summed E-state index contributed by atoms with van der Waals surface area (Å²) in [6.07, 6.45) is 7.19. The molecule has 0 aromatic rings. The van der Waals surface area contributed by atoms with E-state index in [0.29, 0.717) is 0 Å². The van der Waals surface area contributed by atoms with E-state index < -0.39 is 0 Å². The van der Waals surface area contributed by atoms with Gasteiger partial charge >= 0.3 is 0 Å². The molecule has 0 spiro atoms. The van der Waals surface area contributed by atoms with Crippen molar-refractivity contribution in [3.8, 4) is 0 Å². The highest BCUT2D eigenvalue weighted by molar-refractivity contribution is 4.56. The van der Waals surface area contributed by atoms with Crippen LogP contribution in [0.5, 0.6) is 0 Å². The van der Waals surface area contributed by atoms with Crippen molar-refractivity contribution in [2.75, 3.05) is 20.1 Å². The molecule has 1 rings (SSSR count). The third kappa shape index (κ3) is 8.06. The van der Waals surface area contributed by atoms with E-state index in [2.05, 4.69) is 11.9 Å². The molecule has 1 nitrogen and oxygen atoms in total. The van der Waals surface area contributed by atoms with Gasteiger partial charge in [0.15, 0.2) is 0 Å². The van der Waals surface area contributed by atoms with E-state index >= 15 is 0 Å². The summed E-state index contributed by atoms with van der Waals surface area (Å²) in [5, 5.41) is 0. The molecule has 1 heterocycles. The third-order valence-corrected chi connectivity index (χ3v) is 2.08. The molecule has 0 amide bonds. The Morgan fingerprint density at radius 3 is 1.50 bits per heavy atom. The first kappa shape index (κ1) is 14.5. The van der Waals surface area contributed by atoms with Crippen LogP contribution >= 0.6 is 0 Å². The van der Waals surface area contributed by atoms with E-state index in [1.54, 1.807) is 0 Å². The lowest BCUT2D eigenvalue weighted by molar-refractivity contribution is 0.297. The minimum Gasteiger partial charge on any atom is -0.306 e. The highest BCUT2D eigenvalue weighted by Gasteiger charge is 2.01. The van der Waals surface area contributed by atoms with Crippen LogP contribution in [0.3, 0.4) is 0 Å². The van der Waals surface area contributed by atoms with Crippen molar-refractivity contribution >= 4 is 0 Å². The average molecular weight is 173 g/mol. The maximum atomic E-state index is 2.44. The first-order valence-electron chi connectivity index (χ1n) is 5.08. The van der Waals surface area contributed by atoms with Crippen molar-refractivity contribution in [2.45, 2.75) is 53.4 Å². The summed E-state index contributed by atoms with van der Waals surface area (Å²) in [5.41, 5.74) is 0. The summed E-state index contributed by atoms with van der Waals surface area (Å²) in [7, 11) is 2.23. The predicted octanol–water partition coefficient (Wildman–Crippen LogP) is 3.54. The van der Waals surface area contributed by atoms with Gasteiger partial charge in [0.05, 0.1) is 0 Å². The Morgan fingerprint density at radius 2 is 1.08 bits per heavy atom. The van der Waals surface area contributed by atoms with Crippen LogP contribution in [0.4, 0.5) is 0 Å². The standard InChI is InChI=1S/C8H17N.C2H6.CH4/c1-9-7-5-3-2-4-6-8-9;1-2;/h2-8H2,1H3;1-2H3;1H4. The fourth-order valence-corrected chi connectivity index (χ4v) is 1.41. The molecule has 0 saturated carbocycles. The first-order chi connectivity index (χ1) is 5.39. The van der Waals surface area contributed by atoms with Gasteiger partial charge in [0.1, 0.15) is 0 Å². The van der Waals surface area contributed by atoms with Gasteiger partial charge in [0, 0.05) is 0 Å². The average Bonchev–Trinajstić information content (AvgIpc) is 2.01. The summed E-state index contributed by atoms with van der Waals surface area (Å²) in [6, 6.07) is 0. The molecule has 0 aromatic carbocycles. The molecule has 12 heavy (non-hydrogen) atoms. The normalized spacial score (nSPS) is 19.2. The molecule has 1 fully saturated rings. The van der Waals surface area contributed by atoms with Crippen LogP contribution in [0.1, 0.15) is 53.4 Å². The first-order valence-corrected chi connectivity index (χ1v) is 5.08. The Balaban J connectivity index is 0. The van der Waals surface area contributed by atoms with Crippen LogP contribution in [-0.4, -0.2) is 25.0 Å². The van der Waals surface area contributed by atoms with Gasteiger partial charge in [0.2, 0.25) is 0 Å².